The Morgan fingerprint density at radius 3 is 2.05 bits per heavy atom. The fourth-order valence-corrected chi connectivity index (χ4v) is 4.95. The first-order valence-corrected chi connectivity index (χ1v) is 14.7. The molecule has 1 aliphatic rings. The Kier molecular flexibility index (Phi) is 12.9. The van der Waals surface area contributed by atoms with Crippen molar-refractivity contribution in [1.82, 2.24) is 14.7 Å². The number of alkyl halides is 2. The van der Waals surface area contributed by atoms with Gasteiger partial charge in [-0.3, -0.25) is 24.7 Å². The summed E-state index contributed by atoms with van der Waals surface area (Å²) in [5.41, 5.74) is 3.97. The normalized spacial score (nSPS) is 14.6. The first-order valence-electron chi connectivity index (χ1n) is 13.7. The molecule has 3 aromatic carbocycles. The van der Waals surface area contributed by atoms with Crippen LogP contribution in [0.4, 0.5) is 5.69 Å². The lowest BCUT2D eigenvalue weighted by Crippen LogP contribution is -2.47. The molecule has 3 aromatic rings. The Balaban J connectivity index is 0.00000103. The van der Waals surface area contributed by atoms with Crippen molar-refractivity contribution in [2.45, 2.75) is 26.4 Å². The lowest BCUT2D eigenvalue weighted by Gasteiger charge is -2.39. The van der Waals surface area contributed by atoms with Crippen LogP contribution in [0.25, 0.3) is 0 Å². The van der Waals surface area contributed by atoms with Gasteiger partial charge in [-0.15, -0.1) is 23.2 Å². The lowest BCUT2D eigenvalue weighted by atomic mass is 9.95. The van der Waals surface area contributed by atoms with Gasteiger partial charge in [-0.2, -0.15) is 0 Å². The Bertz CT molecular complexity index is 1200. The second-order valence-corrected chi connectivity index (χ2v) is 10.3. The van der Waals surface area contributed by atoms with E-state index in [4.69, 9.17) is 23.2 Å². The van der Waals surface area contributed by atoms with E-state index >= 15 is 0 Å². The van der Waals surface area contributed by atoms with Crippen LogP contribution in [0, 0.1) is 10.1 Å². The number of amides is 1. The molecule has 7 nitrogen and oxygen atoms in total. The molecule has 0 saturated carbocycles. The smallest absolute Gasteiger partial charge is 0.269 e. The number of rotatable bonds is 10. The summed E-state index contributed by atoms with van der Waals surface area (Å²) in [6, 6.07) is 25.0. The largest absolute Gasteiger partial charge is 0.339 e. The van der Waals surface area contributed by atoms with Gasteiger partial charge in [0.1, 0.15) is 0 Å². The van der Waals surface area contributed by atoms with Gasteiger partial charge in [0.05, 0.1) is 11.0 Å². The third kappa shape index (κ3) is 8.77. The van der Waals surface area contributed by atoms with Gasteiger partial charge in [0.2, 0.25) is 0 Å². The highest BCUT2D eigenvalue weighted by Gasteiger charge is 2.28. The monoisotopic (exact) mass is 584 g/mol. The molecule has 0 aromatic heterocycles. The van der Waals surface area contributed by atoms with E-state index in [1.54, 1.807) is 17.0 Å². The van der Waals surface area contributed by atoms with Crippen molar-refractivity contribution in [3.63, 3.8) is 0 Å². The van der Waals surface area contributed by atoms with Crippen LogP contribution >= 0.6 is 23.2 Å². The molecular formula is C31H38Cl2N4O3. The number of non-ortho nitro benzene ring substituents is 1. The third-order valence-electron chi connectivity index (χ3n) is 7.01. The highest BCUT2D eigenvalue weighted by atomic mass is 35.5. The van der Waals surface area contributed by atoms with Crippen molar-refractivity contribution in [2.75, 3.05) is 51.0 Å². The minimum Gasteiger partial charge on any atom is -0.339 e. The molecule has 1 amide bonds. The Morgan fingerprint density at radius 2 is 1.50 bits per heavy atom. The number of hydrogen-bond donors (Lipinski definition) is 0. The molecule has 1 aliphatic heterocycles. The van der Waals surface area contributed by atoms with E-state index in [9.17, 15) is 14.9 Å². The zero-order valence-corrected chi connectivity index (χ0v) is 24.7. The van der Waals surface area contributed by atoms with E-state index in [1.807, 2.05) is 50.2 Å². The molecule has 214 valence electrons. The van der Waals surface area contributed by atoms with Crippen molar-refractivity contribution in [1.29, 1.82) is 0 Å². The molecule has 1 unspecified atom stereocenters. The molecule has 1 saturated heterocycles. The van der Waals surface area contributed by atoms with Gasteiger partial charge in [0.15, 0.2) is 0 Å². The van der Waals surface area contributed by atoms with Gasteiger partial charge in [-0.25, -0.2) is 0 Å². The molecule has 1 atom stereocenters. The van der Waals surface area contributed by atoms with E-state index < -0.39 is 0 Å². The molecule has 0 N–H and O–H groups in total. The number of carbonyl (C=O) groups excluding carboxylic acids is 1. The Hall–Kier alpha value is -2.97. The molecule has 9 heteroatoms. The molecule has 0 spiro atoms. The van der Waals surface area contributed by atoms with Gasteiger partial charge in [-0.05, 0) is 42.7 Å². The van der Waals surface area contributed by atoms with Gasteiger partial charge in [-0.1, -0.05) is 54.6 Å². The minimum atomic E-state index is -0.343. The van der Waals surface area contributed by atoms with Crippen LogP contribution in [-0.4, -0.2) is 76.6 Å². The highest BCUT2D eigenvalue weighted by Crippen LogP contribution is 2.32. The van der Waals surface area contributed by atoms with Crippen LogP contribution in [0.2, 0.25) is 0 Å². The quantitative estimate of drug-likeness (QED) is 0.156. The molecule has 0 bridgehead atoms. The van der Waals surface area contributed by atoms with Crippen LogP contribution in [0.15, 0.2) is 78.9 Å². The predicted octanol–water partition coefficient (Wildman–Crippen LogP) is 6.45. The number of hydrogen-bond acceptors (Lipinski definition) is 5. The van der Waals surface area contributed by atoms with Crippen LogP contribution in [0.5, 0.6) is 0 Å². The topological polar surface area (TPSA) is 69.9 Å². The van der Waals surface area contributed by atoms with Crippen molar-refractivity contribution < 1.29 is 9.72 Å². The molecular weight excluding hydrogens is 547 g/mol. The lowest BCUT2D eigenvalue weighted by molar-refractivity contribution is -0.384. The number of carbonyl (C=O) groups is 1. The van der Waals surface area contributed by atoms with E-state index in [2.05, 4.69) is 34.1 Å². The standard InChI is InChI=1S/C29H34N4O3.C2H4Cl2/c1-3-31(4-2)29(34)25-15-13-24(14-16-25)28(26-11-8-12-27(21-26)33(35)36)32-19-17-30(18-20-32)22-23-9-6-5-7-10-23;3-1-2-4/h5-16,21,28H,3-4,17-20,22H2,1-2H3;1-2H2. The minimum absolute atomic E-state index is 0.0213. The summed E-state index contributed by atoms with van der Waals surface area (Å²) in [6.07, 6.45) is 0. The van der Waals surface area contributed by atoms with Gasteiger partial charge < -0.3 is 4.90 Å². The second-order valence-electron chi connectivity index (χ2n) is 9.53. The summed E-state index contributed by atoms with van der Waals surface area (Å²) in [6.45, 7) is 9.73. The maximum Gasteiger partial charge on any atom is 0.269 e. The van der Waals surface area contributed by atoms with Crippen LogP contribution in [0.1, 0.15) is 46.9 Å². The SMILES string of the molecule is CCN(CC)C(=O)c1ccc(C(c2cccc([N+](=O)[O-])c2)N2CCN(Cc3ccccc3)CC2)cc1.ClCCCl. The van der Waals surface area contributed by atoms with Crippen molar-refractivity contribution >= 4 is 34.8 Å². The fourth-order valence-electron chi connectivity index (χ4n) is 4.95. The number of nitro groups is 1. The zero-order valence-electron chi connectivity index (χ0n) is 23.2. The average molecular weight is 586 g/mol. The molecule has 40 heavy (non-hydrogen) atoms. The average Bonchev–Trinajstić information content (AvgIpc) is 3.00. The number of halogens is 2. The maximum atomic E-state index is 12.8. The van der Waals surface area contributed by atoms with Crippen LogP contribution in [0.3, 0.4) is 0 Å². The molecule has 0 radical (unpaired) electrons. The maximum absolute atomic E-state index is 12.8. The Morgan fingerprint density at radius 1 is 0.875 bits per heavy atom. The summed E-state index contributed by atoms with van der Waals surface area (Å²) in [4.78, 5) is 30.6. The first-order chi connectivity index (χ1) is 19.4. The van der Waals surface area contributed by atoms with Crippen molar-refractivity contribution in [2.24, 2.45) is 0 Å². The number of nitrogens with zero attached hydrogens (tertiary/aromatic N) is 4. The summed E-state index contributed by atoms with van der Waals surface area (Å²) in [5.74, 6) is 1.14. The summed E-state index contributed by atoms with van der Waals surface area (Å²) in [5, 5.41) is 11.5. The summed E-state index contributed by atoms with van der Waals surface area (Å²) in [7, 11) is 0. The predicted molar refractivity (Wildman–Crippen MR) is 163 cm³/mol. The number of piperazine rings is 1. The third-order valence-corrected chi connectivity index (χ3v) is 7.58. The summed E-state index contributed by atoms with van der Waals surface area (Å²) >= 11 is 10.1. The Labute approximate surface area is 247 Å². The van der Waals surface area contributed by atoms with Gasteiger partial charge >= 0.3 is 0 Å². The fraction of sp³-hybridized carbons (Fsp3) is 0.387. The highest BCUT2D eigenvalue weighted by molar-refractivity contribution is 6.25. The van der Waals surface area contributed by atoms with E-state index in [0.29, 0.717) is 30.4 Å². The number of nitro benzene ring substituents is 1. The summed E-state index contributed by atoms with van der Waals surface area (Å²) < 4.78 is 0. The van der Waals surface area contributed by atoms with Crippen molar-refractivity contribution in [3.8, 4) is 0 Å². The second kappa shape index (κ2) is 16.3. The molecule has 4 rings (SSSR count). The van der Waals surface area contributed by atoms with Gasteiger partial charge in [0.25, 0.3) is 11.6 Å². The molecule has 1 heterocycles. The first kappa shape index (κ1) is 31.6. The van der Waals surface area contributed by atoms with E-state index in [-0.39, 0.29) is 22.6 Å². The van der Waals surface area contributed by atoms with Crippen LogP contribution < -0.4 is 0 Å². The van der Waals surface area contributed by atoms with Crippen molar-refractivity contribution in [3.05, 3.63) is 111 Å². The number of benzene rings is 3. The van der Waals surface area contributed by atoms with Gasteiger partial charge in [0, 0.05) is 75.3 Å². The van der Waals surface area contributed by atoms with E-state index in [0.717, 1.165) is 43.9 Å². The van der Waals surface area contributed by atoms with E-state index in [1.165, 1.54) is 11.6 Å². The van der Waals surface area contributed by atoms with Crippen LogP contribution in [-0.2, 0) is 6.54 Å². The zero-order chi connectivity index (χ0) is 28.9. The molecule has 1 fully saturated rings. The molecule has 0 aliphatic carbocycles.